The van der Waals surface area contributed by atoms with Gasteiger partial charge in [-0.3, -0.25) is 0 Å². The number of ether oxygens (including phenoxy) is 16. The Hall–Kier alpha value is -12.1. The number of aromatic hydroxyl groups is 4. The molecule has 17 bridgehead atoms. The number of aliphatic imine (C=N–C) groups is 6. The van der Waals surface area contributed by atoms with E-state index in [1.807, 2.05) is 0 Å². The van der Waals surface area contributed by atoms with Crippen molar-refractivity contribution in [2.75, 3.05) is 33.5 Å². The Labute approximate surface area is 831 Å². The first kappa shape index (κ1) is 106. The molecule has 31 N–H and O–H groups in total. The van der Waals surface area contributed by atoms with Crippen molar-refractivity contribution in [2.24, 2.45) is 41.4 Å². The molecule has 6 fully saturated rings. The largest absolute Gasteiger partial charge is 0.508 e. The molecular formula is C95H110N8O44. The van der Waals surface area contributed by atoms with Crippen LogP contribution in [-0.4, -0.2) is 397 Å². The fourth-order valence-electron chi connectivity index (χ4n) is 18.3. The van der Waals surface area contributed by atoms with Crippen LogP contribution in [0.2, 0.25) is 0 Å². The number of hydrogen-bond acceptors (Lipinski definition) is 46. The Morgan fingerprint density at radius 1 is 0.422 bits per heavy atom. The summed E-state index contributed by atoms with van der Waals surface area (Å²) < 4.78 is 100. The van der Waals surface area contributed by atoms with E-state index in [1.54, 1.807) is 0 Å². The van der Waals surface area contributed by atoms with Crippen LogP contribution < -0.4 is 35.2 Å². The van der Waals surface area contributed by atoms with E-state index in [-0.39, 0.29) is 51.7 Å². The van der Waals surface area contributed by atoms with Crippen LogP contribution in [0.15, 0.2) is 151 Å². The second kappa shape index (κ2) is 43.6. The van der Waals surface area contributed by atoms with Crippen molar-refractivity contribution in [1.29, 1.82) is 0 Å². The quantitative estimate of drug-likeness (QED) is 0.0492. The van der Waals surface area contributed by atoms with E-state index in [2.05, 4.69) is 20.0 Å². The summed E-state index contributed by atoms with van der Waals surface area (Å²) in [5, 5.41) is 321. The zero-order chi connectivity index (χ0) is 105. The van der Waals surface area contributed by atoms with Gasteiger partial charge in [0, 0.05) is 40.8 Å². The Balaban J connectivity index is 0.942. The number of carbonyl (C=O) groups excluding carboxylic acids is 1. The number of phenolic OH excluding ortho intramolecular Hbond substituents is 4. The van der Waals surface area contributed by atoms with E-state index in [9.17, 15) is 143 Å². The number of carbonyl (C=O) groups is 1. The van der Waals surface area contributed by atoms with E-state index in [0.29, 0.717) is 0 Å². The number of benzene rings is 7. The summed E-state index contributed by atoms with van der Waals surface area (Å²) in [6.07, 6.45) is -58.2. The molecule has 12 aliphatic rings. The number of nitrogens with zero attached hydrogens (tertiary/aromatic N) is 6. The lowest BCUT2D eigenvalue weighted by molar-refractivity contribution is -0.385. The number of aliphatic hydroxyl groups is 23. The molecule has 147 heavy (non-hydrogen) atoms. The van der Waals surface area contributed by atoms with Crippen molar-refractivity contribution in [3.8, 4) is 80.1 Å². The third kappa shape index (κ3) is 21.4. The van der Waals surface area contributed by atoms with E-state index >= 15 is 0 Å². The lowest BCUT2D eigenvalue weighted by Crippen LogP contribution is -2.67. The highest BCUT2D eigenvalue weighted by Crippen LogP contribution is 2.52. The molecule has 794 valence electrons. The van der Waals surface area contributed by atoms with Crippen molar-refractivity contribution in [2.45, 2.75) is 254 Å². The average Bonchev–Trinajstić information content (AvgIpc) is 0.742. The first-order chi connectivity index (χ1) is 70.0. The van der Waals surface area contributed by atoms with Crippen LogP contribution in [0, 0.1) is 6.92 Å². The molecule has 12 aliphatic heterocycles. The van der Waals surface area contributed by atoms with E-state index in [1.165, 1.54) is 81.4 Å². The first-order valence-corrected chi connectivity index (χ1v) is 46.2. The topological polar surface area (TPSA) is 837 Å². The molecule has 0 spiro atoms. The van der Waals surface area contributed by atoms with Crippen LogP contribution in [0.25, 0.3) is 11.1 Å². The standard InChI is InChI=1S/C95H110N8O44/c1-30-47(109)18-37-20-49(30)139-50-19-35(9-16-46(50)108)59(97)84(125)102-64-68(113)33-5-11-40(12-6-33)137-52-21-38-22-53(81(52)145-95-83(76(121)72(117)56(143-95)29-134-91-78(123)73(118)67(112)32(3)136-91)147-94-82(75(120)71(116)55(27-105)142-94)146-92-77(122)69(114)48(110)28-133-92)138-41-13-7-34(8-14-41)80(144-57-25-44(96)66(111)31(2)135-57)65-89(130)101-63(90(131)132-4)43-23-39(106)24-51(140-93-79(124)74(119)70(115)54(26-104)141-93)58(43)42-17-36(10-15-45(42)107)60(85(126)103-65)98-87(128)62(38)99-86(127)61(37)100-88(64)129/h5-24,31-32,44,48,54-57,59-80,82-83,91-95,104-124H,25-29,96-97H2,1-4H3,(H,98,128)(H,99,127)(H,100,129)(H,101,130)(H,102,125)(H,103,126)/t31-,32-,44+,48+,54+,55+,56+,57-,59+,60+,61-,62+,63?,64+,65-,66-,67-,68+,69+,70+,71+,72+,73?,74-,75-,76-,77-,78+,79-,80+,82-,83+,91+,92-,93+,94?,95-/m0/s1. The molecule has 0 radical (unpaired) electrons. The Morgan fingerprint density at radius 3 is 1.59 bits per heavy atom. The fourth-order valence-corrected chi connectivity index (χ4v) is 18.3. The van der Waals surface area contributed by atoms with Gasteiger partial charge in [0.1, 0.15) is 162 Å². The highest BCUT2D eigenvalue weighted by Gasteiger charge is 2.57. The molecule has 7 aromatic rings. The summed E-state index contributed by atoms with van der Waals surface area (Å²) in [5.74, 6) is -16.6. The highest BCUT2D eigenvalue weighted by atomic mass is 16.8. The summed E-state index contributed by atoms with van der Waals surface area (Å²) in [5.41, 5.74) is 9.55. The van der Waals surface area contributed by atoms with Gasteiger partial charge in [-0.15, -0.1) is 0 Å². The number of nitrogens with two attached hydrogens (primary N) is 2. The number of rotatable bonds is 16. The maximum absolute atomic E-state index is 14.9. The number of esters is 1. The van der Waals surface area contributed by atoms with Crippen LogP contribution in [0.4, 0.5) is 0 Å². The van der Waals surface area contributed by atoms with Crippen molar-refractivity contribution in [1.82, 2.24) is 0 Å². The van der Waals surface area contributed by atoms with Crippen molar-refractivity contribution >= 4 is 41.4 Å². The molecule has 12 heterocycles. The lowest BCUT2D eigenvalue weighted by Gasteiger charge is -2.48. The number of fused-ring (bicyclic) bond motifs is 12. The van der Waals surface area contributed by atoms with Gasteiger partial charge >= 0.3 is 5.97 Å². The zero-order valence-electron chi connectivity index (χ0n) is 77.8. The maximum Gasteiger partial charge on any atom is 0.335 e. The molecule has 0 aliphatic carbocycles. The summed E-state index contributed by atoms with van der Waals surface area (Å²) in [6.45, 7) is 0.222. The van der Waals surface area contributed by atoms with E-state index in [4.69, 9.17) is 97.2 Å². The monoisotopic (exact) mass is 2070 g/mol. The first-order valence-electron chi connectivity index (χ1n) is 46.2. The predicted octanol–water partition coefficient (Wildman–Crippen LogP) is -1.46. The summed E-state index contributed by atoms with van der Waals surface area (Å²) in [6, 6.07) is 4.86. The molecule has 7 aromatic carbocycles. The number of methoxy groups -OCH3 is 1. The van der Waals surface area contributed by atoms with Crippen molar-refractivity contribution in [3.05, 3.63) is 166 Å². The predicted molar refractivity (Wildman–Crippen MR) is 495 cm³/mol. The number of phenols is 4. The minimum absolute atomic E-state index is 0.0145. The van der Waals surface area contributed by atoms with Crippen molar-refractivity contribution < 1.29 is 218 Å². The van der Waals surface area contributed by atoms with Crippen LogP contribution in [0.1, 0.15) is 107 Å². The Kier molecular flexibility index (Phi) is 31.5. The molecule has 52 heteroatoms. The molecular weight excluding hydrogens is 1960 g/mol. The fraction of sp³-hybridized carbons (Fsp3) is 0.484. The van der Waals surface area contributed by atoms with Crippen LogP contribution in [0.5, 0.6) is 69.0 Å². The summed E-state index contributed by atoms with van der Waals surface area (Å²) in [4.78, 5) is 42.4. The second-order valence-electron chi connectivity index (χ2n) is 36.6. The number of aliphatic hydroxyl groups excluding tert-OH is 23. The van der Waals surface area contributed by atoms with Gasteiger partial charge in [-0.25, -0.2) is 34.7 Å². The maximum atomic E-state index is 14.9. The molecule has 6 saturated heterocycles. The summed E-state index contributed by atoms with van der Waals surface area (Å²) in [7, 11) is 0.881. The van der Waals surface area contributed by atoms with E-state index in [0.717, 1.165) is 67.8 Å². The van der Waals surface area contributed by atoms with Gasteiger partial charge in [0.25, 0.3) is 0 Å². The molecule has 19 rings (SSSR count). The average molecular weight is 2070 g/mol. The Morgan fingerprint density at radius 2 is 0.939 bits per heavy atom. The SMILES string of the molecule is COC(=O)C1N=C(O)[C@H]2N=C(O)[C@H](N=C(O)[C@@H]3N=C(O)[C@H]4N=C(O)[C@H](N=C(O)[C@H](N)c5ccc(O)c(c5)Oc5cc4cc(O)c5C)[C@H](O)c4ccc(cc4)Oc4cc3cc(c4O[C@@H]3O[C@H](CO[C@@H]4O[C@@H](C)[C@H](O)C(O)[C@H]4O)[C@@H](O)[C@H](O)[C@H]3OC3O[C@H](CO)[C@@H](O)[C@H](O)[C@@H]3O[C@@H]3OC[C@@H](O)[C@@H](O)[C@@H]3O)Oc3ccc(cc3)[C@H]2O[C@H]2C[C@@H](N)[C@@H](O)[C@H](C)O2)c2ccc(O)c(c2)-c2c(O[C@@H]3O[C@H](CO)[C@@H](O)[C@H](O)[C@@H]3O)cc(O)cc21. The van der Waals surface area contributed by atoms with Gasteiger partial charge in [0.2, 0.25) is 53.7 Å². The number of hydrogen-bond donors (Lipinski definition) is 29. The Bertz CT molecular complexity index is 6110. The highest BCUT2D eigenvalue weighted by molar-refractivity contribution is 5.96. The second-order valence-corrected chi connectivity index (χ2v) is 36.6. The minimum Gasteiger partial charge on any atom is -0.508 e. The molecule has 0 saturated carbocycles. The van der Waals surface area contributed by atoms with Gasteiger partial charge in [0.15, 0.2) is 90.5 Å². The van der Waals surface area contributed by atoms with Gasteiger partial charge in [0.05, 0.1) is 51.8 Å². The van der Waals surface area contributed by atoms with Crippen LogP contribution >= 0.6 is 0 Å². The van der Waals surface area contributed by atoms with Crippen molar-refractivity contribution in [3.63, 3.8) is 0 Å². The third-order valence-corrected chi connectivity index (χ3v) is 26.7. The van der Waals surface area contributed by atoms with Gasteiger partial charge in [-0.2, -0.15) is 0 Å². The van der Waals surface area contributed by atoms with Gasteiger partial charge in [-0.1, -0.05) is 36.4 Å². The van der Waals surface area contributed by atoms with Crippen LogP contribution in [-0.2, 0) is 56.9 Å². The van der Waals surface area contributed by atoms with Gasteiger partial charge in [-0.05, 0) is 133 Å². The molecule has 37 atom stereocenters. The smallest absolute Gasteiger partial charge is 0.335 e. The van der Waals surface area contributed by atoms with E-state index < -0.39 is 374 Å². The third-order valence-electron chi connectivity index (χ3n) is 26.7. The molecule has 3 unspecified atom stereocenters. The lowest BCUT2D eigenvalue weighted by atomic mass is 9.90. The molecule has 0 amide bonds. The normalized spacial score (nSPS) is 36.2. The molecule has 52 nitrogen and oxygen atoms in total. The summed E-state index contributed by atoms with van der Waals surface area (Å²) >= 11 is 0. The van der Waals surface area contributed by atoms with Crippen LogP contribution in [0.3, 0.4) is 0 Å². The minimum atomic E-state index is -2.59. The molecule has 0 aromatic heterocycles. The van der Waals surface area contributed by atoms with Gasteiger partial charge < -0.3 is 225 Å². The zero-order valence-corrected chi connectivity index (χ0v) is 77.8.